The van der Waals surface area contributed by atoms with Gasteiger partial charge in [0.05, 0.1) is 11.5 Å². The molecular weight excluding hydrogens is 272 g/mol. The molecule has 1 atom stereocenters. The topological polar surface area (TPSA) is 55.1 Å². The standard InChI is InChI=1S/C16H23ClN2O/c1-3-16(4-2,10-18)15(20)19-14-9-8-11-12(14)6-5-7-13(11)17/h5-7,14H,3-4,8-10,18H2,1-2H3,(H,19,20). The number of carbonyl (C=O) groups excluding carboxylic acids is 1. The van der Waals surface area contributed by atoms with Gasteiger partial charge in [-0.25, -0.2) is 0 Å². The van der Waals surface area contributed by atoms with Crippen LogP contribution in [0.4, 0.5) is 0 Å². The lowest BCUT2D eigenvalue weighted by molar-refractivity contribution is -0.131. The lowest BCUT2D eigenvalue weighted by Crippen LogP contribution is -2.46. The molecule has 1 aliphatic carbocycles. The minimum absolute atomic E-state index is 0.0697. The Labute approximate surface area is 125 Å². The fourth-order valence-electron chi connectivity index (χ4n) is 3.02. The molecule has 0 saturated heterocycles. The Morgan fingerprint density at radius 1 is 1.45 bits per heavy atom. The molecule has 0 heterocycles. The molecule has 0 saturated carbocycles. The van der Waals surface area contributed by atoms with Crippen LogP contribution in [0, 0.1) is 5.41 Å². The molecule has 0 aliphatic heterocycles. The van der Waals surface area contributed by atoms with E-state index < -0.39 is 5.41 Å². The van der Waals surface area contributed by atoms with Gasteiger partial charge in [-0.15, -0.1) is 0 Å². The molecule has 0 fully saturated rings. The fourth-order valence-corrected chi connectivity index (χ4v) is 3.30. The summed E-state index contributed by atoms with van der Waals surface area (Å²) in [7, 11) is 0. The SMILES string of the molecule is CCC(CC)(CN)C(=O)NC1CCc2c(Cl)cccc21. The van der Waals surface area contributed by atoms with Crippen molar-refractivity contribution < 1.29 is 4.79 Å². The van der Waals surface area contributed by atoms with Crippen molar-refractivity contribution in [1.29, 1.82) is 0 Å². The van der Waals surface area contributed by atoms with E-state index in [-0.39, 0.29) is 11.9 Å². The minimum atomic E-state index is -0.443. The van der Waals surface area contributed by atoms with Crippen LogP contribution < -0.4 is 11.1 Å². The molecule has 0 aromatic heterocycles. The molecule has 1 amide bonds. The van der Waals surface area contributed by atoms with Crippen LogP contribution in [0.25, 0.3) is 0 Å². The highest BCUT2D eigenvalue weighted by Crippen LogP contribution is 2.36. The van der Waals surface area contributed by atoms with Crippen molar-refractivity contribution in [2.24, 2.45) is 11.1 Å². The Kier molecular flexibility index (Phi) is 4.71. The first-order chi connectivity index (χ1) is 9.57. The van der Waals surface area contributed by atoms with Crippen molar-refractivity contribution in [1.82, 2.24) is 5.32 Å². The highest BCUT2D eigenvalue weighted by atomic mass is 35.5. The molecule has 0 spiro atoms. The number of rotatable bonds is 5. The fraction of sp³-hybridized carbons (Fsp3) is 0.562. The molecule has 20 heavy (non-hydrogen) atoms. The second-order valence-electron chi connectivity index (χ2n) is 5.56. The monoisotopic (exact) mass is 294 g/mol. The Morgan fingerprint density at radius 3 is 2.75 bits per heavy atom. The highest BCUT2D eigenvalue weighted by molar-refractivity contribution is 6.31. The van der Waals surface area contributed by atoms with Crippen molar-refractivity contribution in [2.45, 2.75) is 45.6 Å². The second-order valence-corrected chi connectivity index (χ2v) is 5.97. The molecule has 110 valence electrons. The van der Waals surface area contributed by atoms with Gasteiger partial charge in [0, 0.05) is 11.6 Å². The van der Waals surface area contributed by atoms with Gasteiger partial charge in [0.15, 0.2) is 0 Å². The summed E-state index contributed by atoms with van der Waals surface area (Å²) < 4.78 is 0. The van der Waals surface area contributed by atoms with E-state index in [9.17, 15) is 4.79 Å². The van der Waals surface area contributed by atoms with Crippen LogP contribution in [0.3, 0.4) is 0 Å². The van der Waals surface area contributed by atoms with E-state index in [1.807, 2.05) is 26.0 Å². The number of halogens is 1. The molecular formula is C16H23ClN2O. The Morgan fingerprint density at radius 2 is 2.15 bits per heavy atom. The van der Waals surface area contributed by atoms with E-state index in [4.69, 9.17) is 17.3 Å². The zero-order valence-corrected chi connectivity index (χ0v) is 13.0. The number of hydrogen-bond donors (Lipinski definition) is 2. The maximum atomic E-state index is 12.6. The number of fused-ring (bicyclic) bond motifs is 1. The van der Waals surface area contributed by atoms with E-state index in [1.54, 1.807) is 0 Å². The van der Waals surface area contributed by atoms with Crippen LogP contribution in [0.1, 0.15) is 50.3 Å². The summed E-state index contributed by atoms with van der Waals surface area (Å²) in [5.74, 6) is 0.0721. The molecule has 3 N–H and O–H groups in total. The van der Waals surface area contributed by atoms with Gasteiger partial charge in [-0.05, 0) is 42.9 Å². The van der Waals surface area contributed by atoms with Gasteiger partial charge in [-0.2, -0.15) is 0 Å². The van der Waals surface area contributed by atoms with Gasteiger partial charge < -0.3 is 11.1 Å². The molecule has 1 aromatic carbocycles. The third kappa shape index (κ3) is 2.57. The van der Waals surface area contributed by atoms with Crippen LogP contribution in [0.15, 0.2) is 18.2 Å². The molecule has 3 nitrogen and oxygen atoms in total. The first-order valence-corrected chi connectivity index (χ1v) is 7.74. The number of amides is 1. The van der Waals surface area contributed by atoms with E-state index in [1.165, 1.54) is 5.56 Å². The largest absolute Gasteiger partial charge is 0.349 e. The average molecular weight is 295 g/mol. The molecule has 1 unspecified atom stereocenters. The van der Waals surface area contributed by atoms with Gasteiger partial charge in [-0.1, -0.05) is 37.6 Å². The second kappa shape index (κ2) is 6.15. The average Bonchev–Trinajstić information content (AvgIpc) is 2.86. The summed E-state index contributed by atoms with van der Waals surface area (Å²) >= 11 is 6.21. The first-order valence-electron chi connectivity index (χ1n) is 7.36. The number of nitrogens with two attached hydrogens (primary N) is 1. The minimum Gasteiger partial charge on any atom is -0.349 e. The van der Waals surface area contributed by atoms with Gasteiger partial charge in [0.1, 0.15) is 0 Å². The summed E-state index contributed by atoms with van der Waals surface area (Å²) in [6, 6.07) is 5.98. The van der Waals surface area contributed by atoms with Crippen molar-refractivity contribution in [3.8, 4) is 0 Å². The van der Waals surface area contributed by atoms with Crippen molar-refractivity contribution >= 4 is 17.5 Å². The summed E-state index contributed by atoms with van der Waals surface area (Å²) in [6.07, 6.45) is 3.37. The molecule has 2 rings (SSSR count). The molecule has 0 bridgehead atoms. The van der Waals surface area contributed by atoms with Crippen LogP contribution in [0.5, 0.6) is 0 Å². The summed E-state index contributed by atoms with van der Waals surface area (Å²) in [6.45, 7) is 4.44. The summed E-state index contributed by atoms with van der Waals surface area (Å²) in [4.78, 5) is 12.6. The van der Waals surface area contributed by atoms with Crippen LogP contribution in [-0.4, -0.2) is 12.5 Å². The third-order valence-electron chi connectivity index (χ3n) is 4.74. The number of benzene rings is 1. The van der Waals surface area contributed by atoms with Crippen LogP contribution in [0.2, 0.25) is 5.02 Å². The lowest BCUT2D eigenvalue weighted by atomic mass is 9.81. The smallest absolute Gasteiger partial charge is 0.227 e. The van der Waals surface area contributed by atoms with E-state index in [2.05, 4.69) is 11.4 Å². The van der Waals surface area contributed by atoms with Gasteiger partial charge in [0.25, 0.3) is 0 Å². The Bertz CT molecular complexity index is 489. The predicted molar refractivity (Wildman–Crippen MR) is 82.7 cm³/mol. The number of hydrogen-bond acceptors (Lipinski definition) is 2. The predicted octanol–water partition coefficient (Wildman–Crippen LogP) is 3.21. The van der Waals surface area contributed by atoms with Crippen molar-refractivity contribution in [2.75, 3.05) is 6.54 Å². The van der Waals surface area contributed by atoms with Gasteiger partial charge in [-0.3, -0.25) is 4.79 Å². The summed E-state index contributed by atoms with van der Waals surface area (Å²) in [5, 5.41) is 3.98. The van der Waals surface area contributed by atoms with Crippen molar-refractivity contribution in [3.63, 3.8) is 0 Å². The van der Waals surface area contributed by atoms with E-state index in [0.29, 0.717) is 6.54 Å². The molecule has 1 aromatic rings. The highest BCUT2D eigenvalue weighted by Gasteiger charge is 2.36. The Balaban J connectivity index is 2.17. The Hall–Kier alpha value is -1.06. The lowest BCUT2D eigenvalue weighted by Gasteiger charge is -2.30. The summed E-state index contributed by atoms with van der Waals surface area (Å²) in [5.41, 5.74) is 7.73. The third-order valence-corrected chi connectivity index (χ3v) is 5.10. The zero-order valence-electron chi connectivity index (χ0n) is 12.2. The van der Waals surface area contributed by atoms with E-state index in [0.717, 1.165) is 36.3 Å². The molecule has 0 radical (unpaired) electrons. The van der Waals surface area contributed by atoms with Gasteiger partial charge in [0.2, 0.25) is 5.91 Å². The quantitative estimate of drug-likeness (QED) is 0.876. The van der Waals surface area contributed by atoms with E-state index >= 15 is 0 Å². The number of carbonyl (C=O) groups is 1. The maximum absolute atomic E-state index is 12.6. The normalized spacial score (nSPS) is 17.9. The number of nitrogens with one attached hydrogen (secondary N) is 1. The van der Waals surface area contributed by atoms with Crippen LogP contribution in [-0.2, 0) is 11.2 Å². The molecule has 4 heteroatoms. The van der Waals surface area contributed by atoms with Gasteiger partial charge >= 0.3 is 0 Å². The zero-order chi connectivity index (χ0) is 14.8. The molecule has 1 aliphatic rings. The maximum Gasteiger partial charge on any atom is 0.227 e. The van der Waals surface area contributed by atoms with Crippen molar-refractivity contribution in [3.05, 3.63) is 34.3 Å². The van der Waals surface area contributed by atoms with Crippen LogP contribution >= 0.6 is 11.6 Å². The first kappa shape index (κ1) is 15.3.